The molecular formula is C21H25N5O2S. The SMILES string of the molecule is CCCn1c(SC(C)C(=O)Nc2ccccc2OCC)nnc1-c1ccncc1. The Labute approximate surface area is 174 Å². The van der Waals surface area contributed by atoms with Gasteiger partial charge in [-0.2, -0.15) is 0 Å². The third kappa shape index (κ3) is 5.14. The van der Waals surface area contributed by atoms with Crippen LogP contribution < -0.4 is 10.1 Å². The molecule has 152 valence electrons. The number of benzene rings is 1. The first kappa shape index (κ1) is 20.9. The van der Waals surface area contributed by atoms with Gasteiger partial charge in [-0.3, -0.25) is 9.78 Å². The lowest BCUT2D eigenvalue weighted by Crippen LogP contribution is -2.23. The minimum Gasteiger partial charge on any atom is -0.492 e. The third-order valence-electron chi connectivity index (χ3n) is 4.20. The molecule has 3 rings (SSSR count). The summed E-state index contributed by atoms with van der Waals surface area (Å²) in [5.41, 5.74) is 1.62. The Hall–Kier alpha value is -2.87. The fourth-order valence-electron chi connectivity index (χ4n) is 2.81. The average molecular weight is 412 g/mol. The van der Waals surface area contributed by atoms with Crippen molar-refractivity contribution in [2.75, 3.05) is 11.9 Å². The molecule has 0 aliphatic rings. The van der Waals surface area contributed by atoms with Crippen LogP contribution in [0.2, 0.25) is 0 Å². The van der Waals surface area contributed by atoms with Crippen LogP contribution in [0.1, 0.15) is 27.2 Å². The van der Waals surface area contributed by atoms with Crippen LogP contribution in [-0.2, 0) is 11.3 Å². The van der Waals surface area contributed by atoms with E-state index < -0.39 is 0 Å². The average Bonchev–Trinajstić information content (AvgIpc) is 3.13. The normalized spacial score (nSPS) is 11.8. The summed E-state index contributed by atoms with van der Waals surface area (Å²) < 4.78 is 7.64. The number of hydrogen-bond acceptors (Lipinski definition) is 6. The topological polar surface area (TPSA) is 81.9 Å². The summed E-state index contributed by atoms with van der Waals surface area (Å²) in [4.78, 5) is 16.8. The molecule has 0 spiro atoms. The zero-order valence-electron chi connectivity index (χ0n) is 16.8. The second-order valence-electron chi connectivity index (χ2n) is 6.37. The van der Waals surface area contributed by atoms with Gasteiger partial charge in [-0.05, 0) is 44.5 Å². The quantitative estimate of drug-likeness (QED) is 0.530. The Morgan fingerprint density at radius 2 is 1.93 bits per heavy atom. The van der Waals surface area contributed by atoms with Crippen molar-refractivity contribution in [1.29, 1.82) is 0 Å². The molecule has 8 heteroatoms. The van der Waals surface area contributed by atoms with Crippen LogP contribution in [0.15, 0.2) is 53.9 Å². The number of aromatic nitrogens is 4. The number of rotatable bonds is 9. The molecule has 2 aromatic heterocycles. The number of pyridine rings is 1. The predicted octanol–water partition coefficient (Wildman–Crippen LogP) is 4.27. The number of carbonyl (C=O) groups excluding carboxylic acids is 1. The largest absolute Gasteiger partial charge is 0.492 e. The first-order valence-electron chi connectivity index (χ1n) is 9.67. The molecule has 1 aromatic carbocycles. The number of amides is 1. The van der Waals surface area contributed by atoms with Gasteiger partial charge in [0, 0.05) is 24.5 Å². The second-order valence-corrected chi connectivity index (χ2v) is 7.68. The molecule has 2 heterocycles. The molecule has 7 nitrogen and oxygen atoms in total. The fourth-order valence-corrected chi connectivity index (χ4v) is 3.69. The summed E-state index contributed by atoms with van der Waals surface area (Å²) in [5.74, 6) is 1.33. The van der Waals surface area contributed by atoms with Crippen LogP contribution in [0.3, 0.4) is 0 Å². The molecule has 0 radical (unpaired) electrons. The van der Waals surface area contributed by atoms with Gasteiger partial charge in [-0.25, -0.2) is 0 Å². The maximum Gasteiger partial charge on any atom is 0.237 e. The summed E-state index contributed by atoms with van der Waals surface area (Å²) in [6.45, 7) is 7.19. The van der Waals surface area contributed by atoms with E-state index in [4.69, 9.17) is 4.74 Å². The van der Waals surface area contributed by atoms with Crippen LogP contribution in [0.4, 0.5) is 5.69 Å². The van der Waals surface area contributed by atoms with Gasteiger partial charge in [0.05, 0.1) is 17.5 Å². The van der Waals surface area contributed by atoms with Gasteiger partial charge < -0.3 is 14.6 Å². The highest BCUT2D eigenvalue weighted by Gasteiger charge is 2.21. The molecule has 1 unspecified atom stereocenters. The number of nitrogens with zero attached hydrogens (tertiary/aromatic N) is 4. The van der Waals surface area contributed by atoms with Crippen LogP contribution in [-0.4, -0.2) is 37.5 Å². The highest BCUT2D eigenvalue weighted by molar-refractivity contribution is 8.00. The van der Waals surface area contributed by atoms with E-state index in [1.54, 1.807) is 12.4 Å². The van der Waals surface area contributed by atoms with Gasteiger partial charge in [0.1, 0.15) is 5.75 Å². The van der Waals surface area contributed by atoms with E-state index in [1.807, 2.05) is 50.2 Å². The minimum atomic E-state index is -0.352. The van der Waals surface area contributed by atoms with Crippen molar-refractivity contribution in [3.63, 3.8) is 0 Å². The number of carbonyl (C=O) groups is 1. The second kappa shape index (κ2) is 10.1. The van der Waals surface area contributed by atoms with Crippen molar-refractivity contribution in [2.24, 2.45) is 0 Å². The smallest absolute Gasteiger partial charge is 0.237 e. The summed E-state index contributed by atoms with van der Waals surface area (Å²) in [5, 5.41) is 12.0. The lowest BCUT2D eigenvalue weighted by atomic mass is 10.2. The van der Waals surface area contributed by atoms with Crippen molar-refractivity contribution in [1.82, 2.24) is 19.7 Å². The number of hydrogen-bond donors (Lipinski definition) is 1. The van der Waals surface area contributed by atoms with E-state index >= 15 is 0 Å². The summed E-state index contributed by atoms with van der Waals surface area (Å²) >= 11 is 1.39. The Morgan fingerprint density at radius 3 is 2.66 bits per heavy atom. The first-order chi connectivity index (χ1) is 14.1. The van der Waals surface area contributed by atoms with E-state index in [-0.39, 0.29) is 11.2 Å². The number of ether oxygens (including phenoxy) is 1. The van der Waals surface area contributed by atoms with E-state index in [2.05, 4.69) is 32.0 Å². The minimum absolute atomic E-state index is 0.112. The predicted molar refractivity (Wildman–Crippen MR) is 115 cm³/mol. The molecular weight excluding hydrogens is 386 g/mol. The monoisotopic (exact) mass is 411 g/mol. The van der Waals surface area contributed by atoms with Gasteiger partial charge >= 0.3 is 0 Å². The first-order valence-corrected chi connectivity index (χ1v) is 10.5. The van der Waals surface area contributed by atoms with Crippen LogP contribution in [0.5, 0.6) is 5.75 Å². The molecule has 0 saturated heterocycles. The molecule has 1 N–H and O–H groups in total. The van der Waals surface area contributed by atoms with Crippen LogP contribution in [0.25, 0.3) is 11.4 Å². The molecule has 3 aromatic rings. The Balaban J connectivity index is 1.76. The van der Waals surface area contributed by atoms with Gasteiger partial charge in [0.25, 0.3) is 0 Å². The van der Waals surface area contributed by atoms with Crippen molar-refractivity contribution >= 4 is 23.4 Å². The molecule has 0 saturated carbocycles. The van der Waals surface area contributed by atoms with Crippen molar-refractivity contribution in [3.8, 4) is 17.1 Å². The molecule has 0 bridgehead atoms. The van der Waals surface area contributed by atoms with Gasteiger partial charge in [-0.1, -0.05) is 30.8 Å². The molecule has 0 fully saturated rings. The summed E-state index contributed by atoms with van der Waals surface area (Å²) in [7, 11) is 0. The van der Waals surface area contributed by atoms with E-state index in [1.165, 1.54) is 11.8 Å². The molecule has 1 atom stereocenters. The molecule has 1 amide bonds. The number of nitrogens with one attached hydrogen (secondary N) is 1. The number of anilines is 1. The van der Waals surface area contributed by atoms with Gasteiger partial charge in [-0.15, -0.1) is 10.2 Å². The maximum atomic E-state index is 12.8. The standard InChI is InChI=1S/C21H25N5O2S/c1-4-14-26-19(16-10-12-22-13-11-16)24-25-21(26)29-15(3)20(27)23-17-8-6-7-9-18(17)28-5-2/h6-13,15H,4-5,14H2,1-3H3,(H,23,27). The fraction of sp³-hybridized carbons (Fsp3) is 0.333. The number of thioether (sulfide) groups is 1. The lowest BCUT2D eigenvalue weighted by Gasteiger charge is -2.15. The Kier molecular flexibility index (Phi) is 7.24. The van der Waals surface area contributed by atoms with Gasteiger partial charge in [0.2, 0.25) is 5.91 Å². The maximum absolute atomic E-state index is 12.8. The van der Waals surface area contributed by atoms with Crippen LogP contribution in [0, 0.1) is 0 Å². The Morgan fingerprint density at radius 1 is 1.17 bits per heavy atom. The summed E-state index contributed by atoms with van der Waals surface area (Å²) in [6, 6.07) is 11.2. The lowest BCUT2D eigenvalue weighted by molar-refractivity contribution is -0.115. The molecule has 29 heavy (non-hydrogen) atoms. The van der Waals surface area contributed by atoms with Crippen molar-refractivity contribution in [2.45, 2.75) is 44.1 Å². The van der Waals surface area contributed by atoms with Crippen LogP contribution >= 0.6 is 11.8 Å². The van der Waals surface area contributed by atoms with Crippen molar-refractivity contribution < 1.29 is 9.53 Å². The zero-order chi connectivity index (χ0) is 20.6. The van der Waals surface area contributed by atoms with Crippen molar-refractivity contribution in [3.05, 3.63) is 48.8 Å². The number of para-hydroxylation sites is 2. The Bertz CT molecular complexity index is 945. The van der Waals surface area contributed by atoms with E-state index in [9.17, 15) is 4.79 Å². The summed E-state index contributed by atoms with van der Waals surface area (Å²) in [6.07, 6.45) is 4.41. The third-order valence-corrected chi connectivity index (χ3v) is 5.28. The molecule has 0 aliphatic heterocycles. The zero-order valence-corrected chi connectivity index (χ0v) is 17.6. The van der Waals surface area contributed by atoms with E-state index in [0.717, 1.165) is 29.5 Å². The highest BCUT2D eigenvalue weighted by Crippen LogP contribution is 2.29. The van der Waals surface area contributed by atoms with Gasteiger partial charge in [0.15, 0.2) is 11.0 Å². The van der Waals surface area contributed by atoms with E-state index in [0.29, 0.717) is 18.0 Å². The highest BCUT2D eigenvalue weighted by atomic mass is 32.2. The molecule has 0 aliphatic carbocycles.